The van der Waals surface area contributed by atoms with E-state index >= 15 is 0 Å². The molecule has 1 fully saturated rings. The molecule has 1 N–H and O–H groups in total. The summed E-state index contributed by atoms with van der Waals surface area (Å²) in [4.78, 5) is 0. The number of aryl methyl sites for hydroxylation is 1. The van der Waals surface area contributed by atoms with E-state index in [0.29, 0.717) is 6.04 Å². The van der Waals surface area contributed by atoms with Gasteiger partial charge in [-0.25, -0.2) is 0 Å². The van der Waals surface area contributed by atoms with Gasteiger partial charge in [-0.1, -0.05) is 25.1 Å². The van der Waals surface area contributed by atoms with Crippen molar-refractivity contribution in [3.05, 3.63) is 30.0 Å². The number of likely N-dealkylation sites (N-methyl/N-ethyl adjacent to an activating group) is 1. The summed E-state index contributed by atoms with van der Waals surface area (Å²) in [6, 6.07) is 9.12. The van der Waals surface area contributed by atoms with Crippen molar-refractivity contribution in [3.8, 4) is 0 Å². The summed E-state index contributed by atoms with van der Waals surface area (Å²) >= 11 is 0. The van der Waals surface area contributed by atoms with Crippen molar-refractivity contribution in [2.45, 2.75) is 32.2 Å². The van der Waals surface area contributed by atoms with Crippen LogP contribution in [0, 0.1) is 5.92 Å². The maximum Gasteiger partial charge on any atom is 0.0718 e. The highest BCUT2D eigenvalue weighted by Gasteiger charge is 2.31. The molecule has 0 amide bonds. The maximum absolute atomic E-state index is 4.70. The second-order valence-electron chi connectivity index (χ2n) is 5.29. The third-order valence-electron chi connectivity index (χ3n) is 3.90. The fourth-order valence-electron chi connectivity index (χ4n) is 2.81. The van der Waals surface area contributed by atoms with Gasteiger partial charge in [0.25, 0.3) is 0 Å². The Morgan fingerprint density at radius 1 is 1.39 bits per heavy atom. The first-order chi connectivity index (χ1) is 8.79. The van der Waals surface area contributed by atoms with Gasteiger partial charge in [-0.2, -0.15) is 5.10 Å². The average Bonchev–Trinajstić information content (AvgIpc) is 3.17. The zero-order chi connectivity index (χ0) is 12.5. The van der Waals surface area contributed by atoms with Crippen LogP contribution in [0.3, 0.4) is 0 Å². The summed E-state index contributed by atoms with van der Waals surface area (Å²) in [6.45, 7) is 3.23. The first kappa shape index (κ1) is 11.7. The fraction of sp³-hybridized carbons (Fsp3) is 0.533. The second-order valence-corrected chi connectivity index (χ2v) is 5.29. The van der Waals surface area contributed by atoms with Crippen molar-refractivity contribution < 1.29 is 0 Å². The smallest absolute Gasteiger partial charge is 0.0718 e. The normalized spacial score (nSPS) is 17.2. The van der Waals surface area contributed by atoms with E-state index in [1.807, 2.05) is 11.7 Å². The third kappa shape index (κ3) is 2.15. The van der Waals surface area contributed by atoms with Crippen LogP contribution in [0.2, 0.25) is 0 Å². The predicted molar refractivity (Wildman–Crippen MR) is 74.6 cm³/mol. The molecule has 1 aliphatic carbocycles. The minimum absolute atomic E-state index is 0.605. The number of nitrogens with zero attached hydrogens (tertiary/aromatic N) is 2. The van der Waals surface area contributed by atoms with Gasteiger partial charge in [-0.3, -0.25) is 4.68 Å². The molecule has 1 aromatic heterocycles. The Hall–Kier alpha value is -1.35. The van der Waals surface area contributed by atoms with E-state index in [0.717, 1.165) is 18.9 Å². The molecule has 3 nitrogen and oxygen atoms in total. The predicted octanol–water partition coefficient (Wildman–Crippen LogP) is 2.50. The Morgan fingerprint density at radius 3 is 2.89 bits per heavy atom. The highest BCUT2D eigenvalue weighted by Crippen LogP contribution is 2.34. The third-order valence-corrected chi connectivity index (χ3v) is 3.90. The van der Waals surface area contributed by atoms with Crippen LogP contribution in [0.25, 0.3) is 10.9 Å². The lowest BCUT2D eigenvalue weighted by molar-refractivity contribution is 0.467. The molecule has 3 rings (SSSR count). The average molecular weight is 243 g/mol. The monoisotopic (exact) mass is 243 g/mol. The zero-order valence-electron chi connectivity index (χ0n) is 11.2. The number of fused-ring (bicyclic) bond motifs is 1. The highest BCUT2D eigenvalue weighted by molar-refractivity contribution is 5.81. The van der Waals surface area contributed by atoms with Crippen LogP contribution in [0.5, 0.6) is 0 Å². The molecule has 3 heteroatoms. The summed E-state index contributed by atoms with van der Waals surface area (Å²) in [5.74, 6) is 0.866. The van der Waals surface area contributed by atoms with Crippen LogP contribution in [-0.2, 0) is 13.5 Å². The summed E-state index contributed by atoms with van der Waals surface area (Å²) < 4.78 is 2.00. The maximum atomic E-state index is 4.70. The van der Waals surface area contributed by atoms with Crippen molar-refractivity contribution in [1.82, 2.24) is 15.1 Å². The Bertz CT molecular complexity index is 540. The van der Waals surface area contributed by atoms with Crippen molar-refractivity contribution in [3.63, 3.8) is 0 Å². The van der Waals surface area contributed by atoms with Crippen molar-refractivity contribution in [2.75, 3.05) is 6.54 Å². The van der Waals surface area contributed by atoms with E-state index in [-0.39, 0.29) is 0 Å². The molecule has 1 unspecified atom stereocenters. The molecule has 1 heterocycles. The summed E-state index contributed by atoms with van der Waals surface area (Å²) in [5, 5.41) is 9.63. The highest BCUT2D eigenvalue weighted by atomic mass is 15.3. The van der Waals surface area contributed by atoms with Gasteiger partial charge in [0.05, 0.1) is 11.2 Å². The van der Waals surface area contributed by atoms with Gasteiger partial charge < -0.3 is 5.32 Å². The quantitative estimate of drug-likeness (QED) is 0.874. The van der Waals surface area contributed by atoms with E-state index in [9.17, 15) is 0 Å². The van der Waals surface area contributed by atoms with Gasteiger partial charge in [-0.15, -0.1) is 0 Å². The van der Waals surface area contributed by atoms with Gasteiger partial charge in [0.15, 0.2) is 0 Å². The minimum atomic E-state index is 0.605. The molecule has 18 heavy (non-hydrogen) atoms. The summed E-state index contributed by atoms with van der Waals surface area (Å²) in [7, 11) is 2.03. The number of rotatable bonds is 5. The Labute approximate surface area is 108 Å². The molecule has 1 atom stereocenters. The Morgan fingerprint density at radius 2 is 2.17 bits per heavy atom. The molecular formula is C15H21N3. The van der Waals surface area contributed by atoms with Crippen LogP contribution in [0.15, 0.2) is 24.3 Å². The van der Waals surface area contributed by atoms with Gasteiger partial charge in [0, 0.05) is 24.9 Å². The minimum Gasteiger partial charge on any atom is -0.314 e. The molecule has 0 saturated heterocycles. The lowest BCUT2D eigenvalue weighted by Crippen LogP contribution is -2.33. The van der Waals surface area contributed by atoms with Gasteiger partial charge in [0.1, 0.15) is 0 Å². The standard InChI is InChI=1S/C15H21N3/c1-3-16-13(11-8-9-11)10-14-12-6-4-5-7-15(12)18(2)17-14/h4-7,11,13,16H,3,8-10H2,1-2H3. The lowest BCUT2D eigenvalue weighted by atomic mass is 10.0. The Balaban J connectivity index is 1.89. The van der Waals surface area contributed by atoms with E-state index < -0.39 is 0 Å². The molecule has 0 aliphatic heterocycles. The molecule has 2 aromatic rings. The van der Waals surface area contributed by atoms with Crippen LogP contribution in [-0.4, -0.2) is 22.4 Å². The zero-order valence-corrected chi connectivity index (χ0v) is 11.2. The summed E-state index contributed by atoms with van der Waals surface area (Å²) in [6.07, 6.45) is 3.81. The number of hydrogen-bond acceptors (Lipinski definition) is 2. The van der Waals surface area contributed by atoms with Crippen molar-refractivity contribution in [1.29, 1.82) is 0 Å². The first-order valence-corrected chi connectivity index (χ1v) is 6.93. The largest absolute Gasteiger partial charge is 0.314 e. The van der Waals surface area contributed by atoms with Gasteiger partial charge >= 0.3 is 0 Å². The molecule has 1 saturated carbocycles. The fourth-order valence-corrected chi connectivity index (χ4v) is 2.81. The topological polar surface area (TPSA) is 29.9 Å². The van der Waals surface area contributed by atoms with E-state index in [1.165, 1.54) is 29.4 Å². The number of para-hydroxylation sites is 1. The van der Waals surface area contributed by atoms with Gasteiger partial charge in [-0.05, 0) is 31.4 Å². The number of benzene rings is 1. The number of aromatic nitrogens is 2. The molecule has 0 radical (unpaired) electrons. The van der Waals surface area contributed by atoms with E-state index in [1.54, 1.807) is 0 Å². The summed E-state index contributed by atoms with van der Waals surface area (Å²) in [5.41, 5.74) is 2.48. The molecule has 0 bridgehead atoms. The van der Waals surface area contributed by atoms with E-state index in [2.05, 4.69) is 36.5 Å². The number of nitrogens with one attached hydrogen (secondary N) is 1. The van der Waals surface area contributed by atoms with Crippen molar-refractivity contribution >= 4 is 10.9 Å². The molecule has 96 valence electrons. The SMILES string of the molecule is CCNC(Cc1nn(C)c2ccccc12)C1CC1. The van der Waals surface area contributed by atoms with Crippen LogP contribution in [0.4, 0.5) is 0 Å². The molecule has 0 spiro atoms. The second kappa shape index (κ2) is 4.73. The molecule has 1 aromatic carbocycles. The van der Waals surface area contributed by atoms with Crippen LogP contribution in [0.1, 0.15) is 25.5 Å². The van der Waals surface area contributed by atoms with Crippen LogP contribution >= 0.6 is 0 Å². The van der Waals surface area contributed by atoms with Crippen LogP contribution < -0.4 is 5.32 Å². The van der Waals surface area contributed by atoms with Gasteiger partial charge in [0.2, 0.25) is 0 Å². The molecule has 1 aliphatic rings. The first-order valence-electron chi connectivity index (χ1n) is 6.93. The number of hydrogen-bond donors (Lipinski definition) is 1. The Kier molecular flexibility index (Phi) is 3.08. The lowest BCUT2D eigenvalue weighted by Gasteiger charge is -2.15. The van der Waals surface area contributed by atoms with E-state index in [4.69, 9.17) is 5.10 Å². The molecular weight excluding hydrogens is 222 g/mol. The van der Waals surface area contributed by atoms with Crippen molar-refractivity contribution in [2.24, 2.45) is 13.0 Å².